The number of carbonyl (C=O) groups is 1. The molecule has 0 saturated heterocycles. The minimum absolute atomic E-state index is 0.0638. The average Bonchev–Trinajstić information content (AvgIpc) is 3.21. The first-order chi connectivity index (χ1) is 19.6. The van der Waals surface area contributed by atoms with E-state index in [2.05, 4.69) is 50.1 Å². The van der Waals surface area contributed by atoms with Crippen LogP contribution >= 0.6 is 49.9 Å². The lowest BCUT2D eigenvalue weighted by Gasteiger charge is -2.25. The summed E-state index contributed by atoms with van der Waals surface area (Å²) >= 11 is 6.99. The normalized spacial score (nSPS) is 14.9. The van der Waals surface area contributed by atoms with Crippen molar-refractivity contribution >= 4 is 61.9 Å². The average molecular weight is 753 g/mol. The molecule has 0 unspecified atom stereocenters. The number of hydrogen-bond donors (Lipinski definition) is 0. The molecule has 4 rings (SSSR count). The predicted octanol–water partition coefficient (Wildman–Crippen LogP) is 5.53. The van der Waals surface area contributed by atoms with Crippen LogP contribution in [0.5, 0.6) is 17.2 Å². The molecule has 0 bridgehead atoms. The van der Waals surface area contributed by atoms with Crippen molar-refractivity contribution in [3.05, 3.63) is 93.1 Å². The molecule has 2 aromatic carbocycles. The third kappa shape index (κ3) is 6.62. The Labute approximate surface area is 264 Å². The minimum atomic E-state index is -0.784. The van der Waals surface area contributed by atoms with Gasteiger partial charge in [0, 0.05) is 10.0 Å². The molecular weight excluding hydrogens is 723 g/mol. The zero-order valence-corrected chi connectivity index (χ0v) is 27.9. The van der Waals surface area contributed by atoms with Crippen LogP contribution in [0.2, 0.25) is 0 Å². The monoisotopic (exact) mass is 752 g/mol. The van der Waals surface area contributed by atoms with E-state index in [1.807, 2.05) is 32.0 Å². The quantitative estimate of drug-likeness (QED) is 0.154. The highest BCUT2D eigenvalue weighted by Gasteiger charge is 2.34. The zero-order chi connectivity index (χ0) is 29.8. The number of aromatic nitrogens is 1. The summed E-state index contributed by atoms with van der Waals surface area (Å²) in [4.78, 5) is 32.5. The van der Waals surface area contributed by atoms with Crippen molar-refractivity contribution in [2.45, 2.75) is 39.8 Å². The molecular formula is C30H30BrIN2O6S. The summed E-state index contributed by atoms with van der Waals surface area (Å²) in [5, 5.41) is 0. The van der Waals surface area contributed by atoms with E-state index in [0.717, 1.165) is 13.6 Å². The van der Waals surface area contributed by atoms with Crippen molar-refractivity contribution in [3.8, 4) is 17.2 Å². The summed E-state index contributed by atoms with van der Waals surface area (Å²) < 4.78 is 26.6. The van der Waals surface area contributed by atoms with E-state index in [4.69, 9.17) is 18.9 Å². The van der Waals surface area contributed by atoms with Crippen molar-refractivity contribution < 1.29 is 23.7 Å². The molecule has 0 N–H and O–H groups in total. The number of methoxy groups -OCH3 is 1. The van der Waals surface area contributed by atoms with Crippen LogP contribution < -0.4 is 29.1 Å². The Balaban J connectivity index is 1.97. The van der Waals surface area contributed by atoms with Crippen LogP contribution in [-0.4, -0.2) is 37.0 Å². The molecule has 0 radical (unpaired) electrons. The largest absolute Gasteiger partial charge is 0.493 e. The third-order valence-electron chi connectivity index (χ3n) is 6.05. The van der Waals surface area contributed by atoms with Gasteiger partial charge in [-0.2, -0.15) is 0 Å². The number of esters is 1. The van der Waals surface area contributed by atoms with E-state index in [1.165, 1.54) is 11.3 Å². The third-order valence-corrected chi connectivity index (χ3v) is 8.29. The SMILES string of the molecule is C=CCOc1c(I)cc(Br)cc1/C=c1/sc2n(c1=O)[C@H](c1ccc(OC(C)C)c(OC)c1)C(C(=O)OCC)=C(C)N=2. The lowest BCUT2D eigenvalue weighted by atomic mass is 9.95. The molecule has 2 heterocycles. The number of benzene rings is 2. The van der Waals surface area contributed by atoms with Crippen LogP contribution in [0.4, 0.5) is 0 Å². The van der Waals surface area contributed by atoms with Gasteiger partial charge in [0.15, 0.2) is 16.3 Å². The maximum atomic E-state index is 14.1. The minimum Gasteiger partial charge on any atom is -0.493 e. The molecule has 1 aromatic heterocycles. The van der Waals surface area contributed by atoms with Gasteiger partial charge in [0.1, 0.15) is 12.4 Å². The second kappa shape index (κ2) is 13.4. The van der Waals surface area contributed by atoms with Gasteiger partial charge >= 0.3 is 5.97 Å². The molecule has 216 valence electrons. The maximum Gasteiger partial charge on any atom is 0.338 e. The lowest BCUT2D eigenvalue weighted by Crippen LogP contribution is -2.40. The van der Waals surface area contributed by atoms with Crippen LogP contribution in [0.3, 0.4) is 0 Å². The van der Waals surface area contributed by atoms with Gasteiger partial charge < -0.3 is 18.9 Å². The van der Waals surface area contributed by atoms with Crippen molar-refractivity contribution in [1.82, 2.24) is 4.57 Å². The summed E-state index contributed by atoms with van der Waals surface area (Å²) in [6, 6.07) is 8.45. The van der Waals surface area contributed by atoms with E-state index in [9.17, 15) is 9.59 Å². The van der Waals surface area contributed by atoms with Crippen LogP contribution in [-0.2, 0) is 9.53 Å². The molecule has 0 spiro atoms. The molecule has 3 aromatic rings. The zero-order valence-electron chi connectivity index (χ0n) is 23.3. The highest BCUT2D eigenvalue weighted by atomic mass is 127. The molecule has 11 heteroatoms. The number of nitrogens with zero attached hydrogens (tertiary/aromatic N) is 2. The van der Waals surface area contributed by atoms with Gasteiger partial charge in [-0.05, 0) is 86.2 Å². The van der Waals surface area contributed by atoms with Gasteiger partial charge in [-0.3, -0.25) is 9.36 Å². The summed E-state index contributed by atoms with van der Waals surface area (Å²) in [6.07, 6.45) is 3.39. The van der Waals surface area contributed by atoms with Gasteiger partial charge in [-0.15, -0.1) is 0 Å². The van der Waals surface area contributed by atoms with Crippen molar-refractivity contribution in [2.75, 3.05) is 20.3 Å². The molecule has 1 aliphatic rings. The number of thiazole rings is 1. The summed E-state index contributed by atoms with van der Waals surface area (Å²) in [5.74, 6) is 1.17. The highest BCUT2D eigenvalue weighted by Crippen LogP contribution is 2.37. The van der Waals surface area contributed by atoms with Crippen molar-refractivity contribution in [1.29, 1.82) is 0 Å². The van der Waals surface area contributed by atoms with E-state index in [-0.39, 0.29) is 23.8 Å². The molecule has 0 amide bonds. The number of halogens is 2. The smallest absolute Gasteiger partial charge is 0.338 e. The first kappa shape index (κ1) is 31.0. The Kier molecular flexibility index (Phi) is 10.1. The number of fused-ring (bicyclic) bond motifs is 1. The molecule has 8 nitrogen and oxygen atoms in total. The van der Waals surface area contributed by atoms with E-state index >= 15 is 0 Å². The van der Waals surface area contributed by atoms with Crippen LogP contribution in [0.1, 0.15) is 44.9 Å². The first-order valence-electron chi connectivity index (χ1n) is 12.9. The Morgan fingerprint density at radius 2 is 2.02 bits per heavy atom. The number of rotatable bonds is 10. The van der Waals surface area contributed by atoms with Gasteiger partial charge in [-0.1, -0.05) is 46.0 Å². The van der Waals surface area contributed by atoms with Crippen molar-refractivity contribution in [2.24, 2.45) is 4.99 Å². The Bertz CT molecular complexity index is 1710. The van der Waals surface area contributed by atoms with Crippen LogP contribution in [0.25, 0.3) is 6.08 Å². The van der Waals surface area contributed by atoms with Gasteiger partial charge in [0.25, 0.3) is 5.56 Å². The fraction of sp³-hybridized carbons (Fsp3) is 0.300. The molecule has 1 aliphatic heterocycles. The van der Waals surface area contributed by atoms with Gasteiger partial charge in [0.2, 0.25) is 0 Å². The predicted molar refractivity (Wildman–Crippen MR) is 172 cm³/mol. The van der Waals surface area contributed by atoms with Crippen molar-refractivity contribution in [3.63, 3.8) is 0 Å². The highest BCUT2D eigenvalue weighted by molar-refractivity contribution is 14.1. The number of ether oxygens (including phenoxy) is 4. The Hall–Kier alpha value is -2.90. The first-order valence-corrected chi connectivity index (χ1v) is 15.5. The molecule has 41 heavy (non-hydrogen) atoms. The summed E-state index contributed by atoms with van der Waals surface area (Å²) in [5.41, 5.74) is 1.87. The number of hydrogen-bond acceptors (Lipinski definition) is 8. The molecule has 0 fully saturated rings. The molecule has 1 atom stereocenters. The standard InChI is InChI=1S/C30H30BrIN2O6S/c1-7-11-39-27-19(12-20(31)15-21(27)32)14-24-28(35)34-26(18-9-10-22(40-16(3)4)23(13-18)37-6)25(29(36)38-8-2)17(5)33-30(34)41-24/h7,9-10,12-16,26H,1,8,11H2,2-6H3/b24-14+/t26-/m1/s1. The fourth-order valence-electron chi connectivity index (χ4n) is 4.44. The summed E-state index contributed by atoms with van der Waals surface area (Å²) in [6.45, 7) is 11.6. The van der Waals surface area contributed by atoms with E-state index in [0.29, 0.717) is 44.4 Å². The second-order valence-corrected chi connectivity index (χ2v) is 12.4. The van der Waals surface area contributed by atoms with Crippen LogP contribution in [0.15, 0.2) is 68.5 Å². The lowest BCUT2D eigenvalue weighted by molar-refractivity contribution is -0.139. The Morgan fingerprint density at radius 3 is 2.68 bits per heavy atom. The number of carbonyl (C=O) groups excluding carboxylic acids is 1. The fourth-order valence-corrected chi connectivity index (χ4v) is 7.18. The molecule has 0 aliphatic carbocycles. The maximum absolute atomic E-state index is 14.1. The molecule has 0 saturated carbocycles. The van der Waals surface area contributed by atoms with Gasteiger partial charge in [-0.25, -0.2) is 9.79 Å². The Morgan fingerprint density at radius 1 is 1.27 bits per heavy atom. The van der Waals surface area contributed by atoms with E-state index < -0.39 is 12.0 Å². The summed E-state index contributed by atoms with van der Waals surface area (Å²) in [7, 11) is 1.55. The van der Waals surface area contributed by atoms with E-state index in [1.54, 1.807) is 49.8 Å². The topological polar surface area (TPSA) is 88.3 Å². The second-order valence-electron chi connectivity index (χ2n) is 9.28. The van der Waals surface area contributed by atoms with Crippen LogP contribution in [0, 0.1) is 3.57 Å². The van der Waals surface area contributed by atoms with Gasteiger partial charge in [0.05, 0.1) is 45.2 Å². The number of allylic oxidation sites excluding steroid dienone is 1.